The normalized spacial score (nSPS) is 12.5. The van der Waals surface area contributed by atoms with E-state index in [1.165, 1.54) is 0 Å². The lowest BCUT2D eigenvalue weighted by molar-refractivity contribution is 1.62. The van der Waals surface area contributed by atoms with Gasteiger partial charge in [-0.25, -0.2) is 0 Å². The van der Waals surface area contributed by atoms with Gasteiger partial charge in [0.2, 0.25) is 0 Å². The smallest absolute Gasteiger partial charge is 0.00428 e. The first kappa shape index (κ1) is 7.57. The van der Waals surface area contributed by atoms with E-state index in [1.54, 1.807) is 5.37 Å². The van der Waals surface area contributed by atoms with Crippen LogP contribution in [0.1, 0.15) is 13.8 Å². The van der Waals surface area contributed by atoms with Crippen LogP contribution in [0.25, 0.3) is 0 Å². The van der Waals surface area contributed by atoms with Crippen LogP contribution in [0.4, 0.5) is 0 Å². The zero-order valence-electron chi connectivity index (χ0n) is 5.22. The van der Waals surface area contributed by atoms with Gasteiger partial charge in [0.1, 0.15) is 0 Å². The number of hydrogen-bond donors (Lipinski definition) is 0. The Balaban J connectivity index is 3.74. The van der Waals surface area contributed by atoms with Crippen LogP contribution in [-0.4, -0.2) is 5.37 Å². The molecule has 0 atom stereocenters. The molecule has 0 unspecified atom stereocenters. The highest BCUT2D eigenvalue weighted by Gasteiger charge is 1.71. The van der Waals surface area contributed by atoms with Crippen LogP contribution < -0.4 is 0 Å². The van der Waals surface area contributed by atoms with Crippen molar-refractivity contribution in [3.63, 3.8) is 0 Å². The van der Waals surface area contributed by atoms with Crippen molar-refractivity contribution in [1.29, 1.82) is 0 Å². The molecule has 0 rings (SSSR count). The molecule has 0 heterocycles. The van der Waals surface area contributed by atoms with Gasteiger partial charge in [-0.2, -0.15) is 0 Å². The summed E-state index contributed by atoms with van der Waals surface area (Å²) < 4.78 is 0. The van der Waals surface area contributed by atoms with Crippen molar-refractivity contribution in [3.05, 3.63) is 23.8 Å². The summed E-state index contributed by atoms with van der Waals surface area (Å²) in [6.45, 7) is 3.96. The molecule has 0 aliphatic carbocycles. The lowest BCUT2D eigenvalue weighted by atomic mass is 10.3. The molecule has 0 nitrogen and oxygen atoms in total. The third-order valence-corrected chi connectivity index (χ3v) is 1.11. The van der Waals surface area contributed by atoms with Gasteiger partial charge in [0.05, 0.1) is 0 Å². The van der Waals surface area contributed by atoms with Gasteiger partial charge in [-0.3, -0.25) is 0 Å². The molecule has 0 saturated heterocycles. The summed E-state index contributed by atoms with van der Waals surface area (Å²) in [7, 11) is 0. The molecule has 0 aromatic carbocycles. The summed E-state index contributed by atoms with van der Waals surface area (Å²) in [5.41, 5.74) is 1.12. The number of rotatable bonds is 2. The quantitative estimate of drug-likeness (QED) is 0.311. The van der Waals surface area contributed by atoms with Crippen LogP contribution in [0.15, 0.2) is 23.8 Å². The summed E-state index contributed by atoms with van der Waals surface area (Å²) >= 11 is 4.66. The maximum Gasteiger partial charge on any atom is 0.00428 e. The molecule has 0 fully saturated rings. The molecule has 0 spiro atoms. The summed E-state index contributed by atoms with van der Waals surface area (Å²) in [6.07, 6.45) is 5.92. The summed E-state index contributed by atoms with van der Waals surface area (Å²) in [4.78, 5) is 0. The van der Waals surface area contributed by atoms with Gasteiger partial charge < -0.3 is 0 Å². The standard InChI is InChI=1S/C7H10S/c1-3-4-5-7(2)6-8/h3-6H,1-2H3/b4-3-,7-5-. The van der Waals surface area contributed by atoms with Gasteiger partial charge >= 0.3 is 0 Å². The van der Waals surface area contributed by atoms with Crippen LogP contribution >= 0.6 is 12.2 Å². The van der Waals surface area contributed by atoms with Gasteiger partial charge in [0.25, 0.3) is 0 Å². The Morgan fingerprint density at radius 1 is 1.50 bits per heavy atom. The first-order valence-corrected chi connectivity index (χ1v) is 3.03. The van der Waals surface area contributed by atoms with Crippen LogP contribution in [0.2, 0.25) is 0 Å². The highest BCUT2D eigenvalue weighted by atomic mass is 32.1. The van der Waals surface area contributed by atoms with E-state index in [-0.39, 0.29) is 0 Å². The van der Waals surface area contributed by atoms with Crippen molar-refractivity contribution in [2.45, 2.75) is 13.8 Å². The van der Waals surface area contributed by atoms with Crippen LogP contribution in [0, 0.1) is 0 Å². The second-order valence-electron chi connectivity index (χ2n) is 1.55. The van der Waals surface area contributed by atoms with E-state index < -0.39 is 0 Å². The molecule has 1 heteroatoms. The average Bonchev–Trinajstić information content (AvgIpc) is 1.83. The van der Waals surface area contributed by atoms with Crippen molar-refractivity contribution >= 4 is 17.6 Å². The third-order valence-electron chi connectivity index (χ3n) is 0.737. The minimum atomic E-state index is 1.12. The van der Waals surface area contributed by atoms with E-state index in [4.69, 9.17) is 0 Å². The minimum absolute atomic E-state index is 1.12. The van der Waals surface area contributed by atoms with Gasteiger partial charge in [-0.05, 0) is 19.4 Å². The SMILES string of the molecule is C/C=C\C=C(\C)C=S. The topological polar surface area (TPSA) is 0 Å². The second-order valence-corrected chi connectivity index (χ2v) is 1.79. The second kappa shape index (κ2) is 4.72. The first-order valence-electron chi connectivity index (χ1n) is 2.56. The predicted molar refractivity (Wildman–Crippen MR) is 42.2 cm³/mol. The van der Waals surface area contributed by atoms with Gasteiger partial charge in [-0.15, -0.1) is 0 Å². The highest BCUT2D eigenvalue weighted by Crippen LogP contribution is 1.87. The molecule has 0 aliphatic rings. The molecule has 0 amide bonds. The highest BCUT2D eigenvalue weighted by molar-refractivity contribution is 7.79. The fraction of sp³-hybridized carbons (Fsp3) is 0.286. The Labute approximate surface area is 55.9 Å². The average molecular weight is 126 g/mol. The summed E-state index contributed by atoms with van der Waals surface area (Å²) in [6, 6.07) is 0. The van der Waals surface area contributed by atoms with Crippen LogP contribution in [-0.2, 0) is 0 Å². The molecule has 44 valence electrons. The molecule has 0 aliphatic heterocycles. The van der Waals surface area contributed by atoms with Gasteiger partial charge in [0.15, 0.2) is 0 Å². The Kier molecular flexibility index (Phi) is 4.47. The van der Waals surface area contributed by atoms with E-state index in [0.29, 0.717) is 0 Å². The Morgan fingerprint density at radius 3 is 2.50 bits per heavy atom. The van der Waals surface area contributed by atoms with Crippen molar-refractivity contribution < 1.29 is 0 Å². The van der Waals surface area contributed by atoms with Crippen molar-refractivity contribution in [1.82, 2.24) is 0 Å². The van der Waals surface area contributed by atoms with E-state index in [2.05, 4.69) is 12.2 Å². The minimum Gasteiger partial charge on any atom is -0.0884 e. The molecule has 0 aromatic heterocycles. The fourth-order valence-electron chi connectivity index (χ4n) is 0.287. The summed E-state index contributed by atoms with van der Waals surface area (Å²) in [5.74, 6) is 0. The molecule has 8 heavy (non-hydrogen) atoms. The van der Waals surface area contributed by atoms with Gasteiger partial charge in [-0.1, -0.05) is 30.4 Å². The lowest BCUT2D eigenvalue weighted by Gasteiger charge is -1.79. The lowest BCUT2D eigenvalue weighted by Crippen LogP contribution is -1.68. The first-order chi connectivity index (χ1) is 3.81. The summed E-state index contributed by atoms with van der Waals surface area (Å²) in [5, 5.41) is 1.67. The maximum absolute atomic E-state index is 4.66. The van der Waals surface area contributed by atoms with E-state index >= 15 is 0 Å². The zero-order valence-corrected chi connectivity index (χ0v) is 6.03. The predicted octanol–water partition coefficient (Wildman–Crippen LogP) is 2.51. The number of thiocarbonyl (C=S) groups is 1. The molecule has 0 aromatic rings. The van der Waals surface area contributed by atoms with Gasteiger partial charge in [0, 0.05) is 5.37 Å². The molecule has 0 bridgehead atoms. The number of allylic oxidation sites excluding steroid dienone is 4. The largest absolute Gasteiger partial charge is 0.0884 e. The fourth-order valence-corrected chi connectivity index (χ4v) is 0.366. The van der Waals surface area contributed by atoms with Crippen molar-refractivity contribution in [2.75, 3.05) is 0 Å². The Morgan fingerprint density at radius 2 is 2.12 bits per heavy atom. The molecular formula is C7H10S. The Bertz CT molecular complexity index is 120. The molecule has 0 saturated carbocycles. The zero-order chi connectivity index (χ0) is 6.41. The monoisotopic (exact) mass is 126 g/mol. The van der Waals surface area contributed by atoms with Crippen LogP contribution in [0.3, 0.4) is 0 Å². The van der Waals surface area contributed by atoms with E-state index in [1.807, 2.05) is 32.1 Å². The third kappa shape index (κ3) is 3.75. The maximum atomic E-state index is 4.66. The van der Waals surface area contributed by atoms with Crippen LogP contribution in [0.5, 0.6) is 0 Å². The molecule has 0 N–H and O–H groups in total. The number of hydrogen-bond acceptors (Lipinski definition) is 1. The molecule has 0 radical (unpaired) electrons. The van der Waals surface area contributed by atoms with E-state index in [9.17, 15) is 0 Å². The van der Waals surface area contributed by atoms with Crippen molar-refractivity contribution in [3.8, 4) is 0 Å². The molecular weight excluding hydrogens is 116 g/mol. The van der Waals surface area contributed by atoms with E-state index in [0.717, 1.165) is 5.57 Å². The van der Waals surface area contributed by atoms with Crippen molar-refractivity contribution in [2.24, 2.45) is 0 Å². The Hall–Kier alpha value is -0.430.